The summed E-state index contributed by atoms with van der Waals surface area (Å²) in [7, 11) is -26.7. The van der Waals surface area contributed by atoms with Gasteiger partial charge in [0.1, 0.15) is 39.6 Å². The first-order valence-electron chi connectivity index (χ1n) is 17.1. The Morgan fingerprint density at radius 3 is 0.346 bits per heavy atom. The molecular formula is C24H12F42N3O6P3. The van der Waals surface area contributed by atoms with Gasteiger partial charge in [-0.1, -0.05) is 0 Å². The average Bonchev–Trinajstić information content (AvgIpc) is 3.19. The molecule has 0 aromatic carbocycles. The van der Waals surface area contributed by atoms with Crippen LogP contribution in [-0.2, 0) is 27.1 Å². The Morgan fingerprint density at radius 2 is 0.269 bits per heavy atom. The SMILES string of the molecule is FC(F)(F)C(F)(F)C(F)(F)COP1(OCC(F)(F)C(F)(F)C(F)(F)F)=NP(OCC(F)(F)C(F)(F)C(F)(F)F)(OCC(F)(F)C(F)(F)C(F)(F)F)=NP(OCC(F)(F)C(F)(F)C(F)(F)F)(OCC(F)(F)C(F)(F)C(F)(F)F)=N1. The molecule has 0 N–H and O–H groups in total. The van der Waals surface area contributed by atoms with Crippen LogP contribution in [0.5, 0.6) is 0 Å². The minimum absolute atomic E-state index is 1.49. The van der Waals surface area contributed by atoms with Crippen molar-refractivity contribution in [3.63, 3.8) is 0 Å². The van der Waals surface area contributed by atoms with Crippen LogP contribution >= 0.6 is 23.0 Å². The van der Waals surface area contributed by atoms with Gasteiger partial charge in [0.15, 0.2) is 0 Å². The third kappa shape index (κ3) is 14.1. The highest BCUT2D eigenvalue weighted by Crippen LogP contribution is 2.82. The van der Waals surface area contributed by atoms with Gasteiger partial charge in [0.2, 0.25) is 0 Å². The Bertz CT molecular complexity index is 1870. The van der Waals surface area contributed by atoms with Crippen LogP contribution in [0.1, 0.15) is 0 Å². The van der Waals surface area contributed by atoms with Crippen molar-refractivity contribution in [1.29, 1.82) is 0 Å². The zero-order valence-corrected chi connectivity index (χ0v) is 36.9. The molecule has 0 radical (unpaired) electrons. The second-order valence-electron chi connectivity index (χ2n) is 14.0. The summed E-state index contributed by atoms with van der Waals surface area (Å²) in [6.45, 7) is -29.0. The van der Waals surface area contributed by atoms with E-state index < -0.39 is 171 Å². The number of nitrogens with zero attached hydrogens (tertiary/aromatic N) is 3. The number of alkyl halides is 42. The highest BCUT2D eigenvalue weighted by molar-refractivity contribution is 7.78. The van der Waals surface area contributed by atoms with E-state index in [-0.39, 0.29) is 0 Å². The van der Waals surface area contributed by atoms with Crippen LogP contribution in [0.2, 0.25) is 0 Å². The molecule has 1 heterocycles. The maximum Gasteiger partial charge on any atom is 0.459 e. The number of rotatable bonds is 24. The van der Waals surface area contributed by atoms with E-state index in [1.165, 1.54) is 13.5 Å². The highest BCUT2D eigenvalue weighted by atomic mass is 31.3. The van der Waals surface area contributed by atoms with Crippen LogP contribution < -0.4 is 0 Å². The first kappa shape index (κ1) is 73.5. The molecule has 0 aliphatic carbocycles. The summed E-state index contributed by atoms with van der Waals surface area (Å²) >= 11 is 0. The van der Waals surface area contributed by atoms with Crippen molar-refractivity contribution in [1.82, 2.24) is 0 Å². The lowest BCUT2D eigenvalue weighted by Gasteiger charge is -2.38. The summed E-state index contributed by atoms with van der Waals surface area (Å²) in [6.07, 6.45) is -48.0. The van der Waals surface area contributed by atoms with Gasteiger partial charge in [-0.25, -0.2) is 0 Å². The van der Waals surface area contributed by atoms with E-state index in [0.717, 1.165) is 0 Å². The number of halogens is 42. The van der Waals surface area contributed by atoms with Gasteiger partial charge in [-0.2, -0.15) is 184 Å². The van der Waals surface area contributed by atoms with Crippen LogP contribution in [0.3, 0.4) is 0 Å². The third-order valence-corrected chi connectivity index (χ3v) is 16.3. The van der Waals surface area contributed by atoms with Crippen LogP contribution in [0.4, 0.5) is 184 Å². The average molecular weight is 1330 g/mol. The molecule has 9 nitrogen and oxygen atoms in total. The van der Waals surface area contributed by atoms with Crippen molar-refractivity contribution < 1.29 is 212 Å². The van der Waals surface area contributed by atoms with Gasteiger partial charge in [0.25, 0.3) is 0 Å². The fourth-order valence-corrected chi connectivity index (χ4v) is 13.2. The lowest BCUT2D eigenvalue weighted by atomic mass is 10.2. The summed E-state index contributed by atoms with van der Waals surface area (Å²) in [5.41, 5.74) is 0. The van der Waals surface area contributed by atoms with Crippen LogP contribution in [0.15, 0.2) is 13.5 Å². The second-order valence-corrected chi connectivity index (χ2v) is 20.7. The minimum atomic E-state index is -8.92. The van der Waals surface area contributed by atoms with E-state index in [1.807, 2.05) is 0 Å². The second kappa shape index (κ2) is 21.0. The van der Waals surface area contributed by atoms with Crippen molar-refractivity contribution in [3.8, 4) is 0 Å². The topological polar surface area (TPSA) is 92.5 Å². The summed E-state index contributed by atoms with van der Waals surface area (Å²) in [6, 6.07) is 0. The van der Waals surface area contributed by atoms with Crippen molar-refractivity contribution >= 4 is 23.0 Å². The predicted molar refractivity (Wildman–Crippen MR) is 159 cm³/mol. The monoisotopic (exact) mass is 1330 g/mol. The highest BCUT2D eigenvalue weighted by Gasteiger charge is 2.79. The van der Waals surface area contributed by atoms with E-state index in [9.17, 15) is 184 Å². The Hall–Kier alpha value is -2.49. The maximum absolute atomic E-state index is 14.6. The lowest BCUT2D eigenvalue weighted by Crippen LogP contribution is -2.55. The number of hydrogen-bond donors (Lipinski definition) is 0. The quantitative estimate of drug-likeness (QED) is 0.0706. The van der Waals surface area contributed by atoms with Crippen molar-refractivity contribution in [2.45, 2.75) is 108 Å². The first-order chi connectivity index (χ1) is 33.4. The fraction of sp³-hybridized carbons (Fsp3) is 1.00. The summed E-state index contributed by atoms with van der Waals surface area (Å²) in [5.74, 6) is -95.2. The molecule has 0 unspecified atom stereocenters. The van der Waals surface area contributed by atoms with Crippen LogP contribution in [-0.4, -0.2) is 148 Å². The largest absolute Gasteiger partial charge is 0.459 e. The molecule has 468 valence electrons. The minimum Gasteiger partial charge on any atom is -0.300 e. The molecule has 0 amide bonds. The van der Waals surface area contributed by atoms with Gasteiger partial charge in [-0.05, 0) is 0 Å². The first-order valence-corrected chi connectivity index (χ1v) is 21.7. The molecular weight excluding hydrogens is 1320 g/mol. The van der Waals surface area contributed by atoms with E-state index >= 15 is 0 Å². The zero-order chi connectivity index (χ0) is 63.1. The van der Waals surface area contributed by atoms with E-state index in [0.29, 0.717) is 0 Å². The fourth-order valence-electron chi connectivity index (χ4n) is 3.68. The number of hydrogen-bond acceptors (Lipinski definition) is 9. The van der Waals surface area contributed by atoms with Crippen molar-refractivity contribution in [2.24, 2.45) is 13.5 Å². The molecule has 1 aliphatic heterocycles. The predicted octanol–water partition coefficient (Wildman–Crippen LogP) is 16.9. The van der Waals surface area contributed by atoms with Gasteiger partial charge in [-0.3, -0.25) is 27.1 Å². The Kier molecular flexibility index (Phi) is 19.8. The molecule has 0 bridgehead atoms. The third-order valence-electron chi connectivity index (χ3n) is 8.05. The zero-order valence-electron chi connectivity index (χ0n) is 34.2. The summed E-state index contributed by atoms with van der Waals surface area (Å²) < 4.78 is 599. The molecule has 0 atom stereocenters. The maximum atomic E-state index is 14.6. The molecule has 0 fully saturated rings. The smallest absolute Gasteiger partial charge is 0.300 e. The molecule has 1 rings (SSSR count). The van der Waals surface area contributed by atoms with Gasteiger partial charge >= 0.3 is 131 Å². The summed E-state index contributed by atoms with van der Waals surface area (Å²) in [4.78, 5) is 0. The van der Waals surface area contributed by atoms with E-state index in [2.05, 4.69) is 27.1 Å². The Morgan fingerprint density at radius 1 is 0.179 bits per heavy atom. The molecule has 0 spiro atoms. The van der Waals surface area contributed by atoms with Gasteiger partial charge in [0, 0.05) is 0 Å². The molecule has 0 aromatic heterocycles. The molecule has 0 saturated carbocycles. The van der Waals surface area contributed by atoms with E-state index in [4.69, 9.17) is 0 Å². The van der Waals surface area contributed by atoms with Crippen molar-refractivity contribution in [2.75, 3.05) is 39.6 Å². The standard InChI is InChI=1S/C24H12F42N3O6P3/c25-7(26,13(37,38)19(49,50)51)1-70-76(71-2-8(27,28)14(39,40)20(52,53)54)67-77(72-3-9(29,30)15(41,42)21(55,56)57,73-4-10(31,32)16(43,44)22(58,59)60)69-78(68-76,74-5-11(33,34)17(45,46)23(61,62)63)75-6-12(35,36)18(47,48)24(64,65)66/h1-6H2. The van der Waals surface area contributed by atoms with Crippen LogP contribution in [0, 0.1) is 0 Å². The van der Waals surface area contributed by atoms with Crippen molar-refractivity contribution in [3.05, 3.63) is 0 Å². The Labute approximate surface area is 396 Å². The van der Waals surface area contributed by atoms with E-state index in [1.54, 1.807) is 0 Å². The van der Waals surface area contributed by atoms with Crippen LogP contribution in [0.25, 0.3) is 0 Å². The summed E-state index contributed by atoms with van der Waals surface area (Å²) in [5, 5.41) is 0. The van der Waals surface area contributed by atoms with Gasteiger partial charge in [0.05, 0.1) is 0 Å². The lowest BCUT2D eigenvalue weighted by molar-refractivity contribution is -0.360. The molecule has 0 aromatic rings. The van der Waals surface area contributed by atoms with Gasteiger partial charge in [-0.15, -0.1) is 13.5 Å². The Balaban J connectivity index is 5.36. The molecule has 78 heavy (non-hydrogen) atoms. The van der Waals surface area contributed by atoms with Gasteiger partial charge < -0.3 is 0 Å². The molecule has 54 heteroatoms. The normalized spacial score (nSPS) is 18.8. The molecule has 1 aliphatic rings. The molecule has 0 saturated heterocycles.